The molecule has 2 aromatic rings. The Kier molecular flexibility index (Phi) is 2.87. The van der Waals surface area contributed by atoms with Gasteiger partial charge in [-0.15, -0.1) is 11.3 Å². The standard InChI is InChI=1S/C9H7N3O3S2/c1-6-4-8(15-11-6)12-17(13,14)9-3-2-7(5-10)16-9/h2-4,12H,1H3. The van der Waals surface area contributed by atoms with E-state index in [9.17, 15) is 8.42 Å². The Bertz CT molecular complexity index is 678. The van der Waals surface area contributed by atoms with Crippen LogP contribution in [-0.4, -0.2) is 13.6 Å². The number of aromatic nitrogens is 1. The lowest BCUT2D eigenvalue weighted by molar-refractivity contribution is 0.430. The van der Waals surface area contributed by atoms with Crippen LogP contribution in [0.15, 0.2) is 26.9 Å². The summed E-state index contributed by atoms with van der Waals surface area (Å²) >= 11 is 0.892. The molecule has 0 saturated heterocycles. The van der Waals surface area contributed by atoms with E-state index in [1.165, 1.54) is 18.2 Å². The maximum Gasteiger partial charge on any atom is 0.273 e. The van der Waals surface area contributed by atoms with Gasteiger partial charge in [0.15, 0.2) is 0 Å². The van der Waals surface area contributed by atoms with Crippen molar-refractivity contribution < 1.29 is 12.9 Å². The van der Waals surface area contributed by atoms with Gasteiger partial charge in [0.2, 0.25) is 5.88 Å². The molecule has 0 aliphatic rings. The molecule has 0 spiro atoms. The number of nitriles is 1. The van der Waals surface area contributed by atoms with E-state index < -0.39 is 10.0 Å². The largest absolute Gasteiger partial charge is 0.338 e. The third kappa shape index (κ3) is 2.46. The SMILES string of the molecule is Cc1cc(NS(=O)(=O)c2ccc(C#N)s2)on1. The van der Waals surface area contributed by atoms with Gasteiger partial charge in [0.05, 0.1) is 5.69 Å². The fourth-order valence-corrected chi connectivity index (χ4v) is 3.20. The van der Waals surface area contributed by atoms with Crippen molar-refractivity contribution in [2.75, 3.05) is 4.72 Å². The van der Waals surface area contributed by atoms with Crippen LogP contribution in [0.2, 0.25) is 0 Å². The first-order chi connectivity index (χ1) is 8.01. The summed E-state index contributed by atoms with van der Waals surface area (Å²) in [5.41, 5.74) is 0.576. The Labute approximate surface area is 102 Å². The molecular weight excluding hydrogens is 262 g/mol. The van der Waals surface area contributed by atoms with E-state index in [1.54, 1.807) is 6.92 Å². The van der Waals surface area contributed by atoms with Gasteiger partial charge >= 0.3 is 0 Å². The summed E-state index contributed by atoms with van der Waals surface area (Å²) < 4.78 is 30.7. The second-order valence-corrected chi connectivity index (χ2v) is 6.16. The normalized spacial score (nSPS) is 11.1. The van der Waals surface area contributed by atoms with Crippen molar-refractivity contribution in [3.63, 3.8) is 0 Å². The van der Waals surface area contributed by atoms with Gasteiger partial charge in [-0.2, -0.15) is 5.26 Å². The molecule has 17 heavy (non-hydrogen) atoms. The number of aryl methyl sites for hydroxylation is 1. The Balaban J connectivity index is 2.28. The van der Waals surface area contributed by atoms with Crippen molar-refractivity contribution in [2.24, 2.45) is 0 Å². The van der Waals surface area contributed by atoms with E-state index in [4.69, 9.17) is 9.78 Å². The smallest absolute Gasteiger partial charge is 0.273 e. The van der Waals surface area contributed by atoms with E-state index >= 15 is 0 Å². The topological polar surface area (TPSA) is 96.0 Å². The van der Waals surface area contributed by atoms with Crippen LogP contribution >= 0.6 is 11.3 Å². The van der Waals surface area contributed by atoms with Gasteiger partial charge < -0.3 is 4.52 Å². The highest BCUT2D eigenvalue weighted by atomic mass is 32.2. The zero-order valence-electron chi connectivity index (χ0n) is 8.67. The minimum Gasteiger partial charge on any atom is -0.338 e. The molecule has 0 aliphatic carbocycles. The highest BCUT2D eigenvalue weighted by Gasteiger charge is 2.18. The molecular formula is C9H7N3O3S2. The van der Waals surface area contributed by atoms with Crippen molar-refractivity contribution in [1.82, 2.24) is 5.16 Å². The number of sulfonamides is 1. The van der Waals surface area contributed by atoms with Gasteiger partial charge in [-0.25, -0.2) is 13.1 Å². The summed E-state index contributed by atoms with van der Waals surface area (Å²) in [4.78, 5) is 0.333. The lowest BCUT2D eigenvalue weighted by Gasteiger charge is -2.00. The van der Waals surface area contributed by atoms with Crippen LogP contribution < -0.4 is 4.72 Å². The van der Waals surface area contributed by atoms with E-state index in [0.717, 1.165) is 11.3 Å². The molecule has 6 nitrogen and oxygen atoms in total. The summed E-state index contributed by atoms with van der Waals surface area (Å²) in [7, 11) is -3.71. The van der Waals surface area contributed by atoms with Gasteiger partial charge in [-0.05, 0) is 19.1 Å². The second-order valence-electron chi connectivity index (χ2n) is 3.17. The molecule has 2 heterocycles. The quantitative estimate of drug-likeness (QED) is 0.915. The lowest BCUT2D eigenvalue weighted by atomic mass is 10.5. The van der Waals surface area contributed by atoms with Crippen LogP contribution in [-0.2, 0) is 10.0 Å². The number of nitrogens with zero attached hydrogens (tertiary/aromatic N) is 2. The summed E-state index contributed by atoms with van der Waals surface area (Å²) in [6, 6.07) is 6.17. The summed E-state index contributed by atoms with van der Waals surface area (Å²) in [6.45, 7) is 1.68. The first-order valence-electron chi connectivity index (χ1n) is 4.47. The number of hydrogen-bond acceptors (Lipinski definition) is 6. The lowest BCUT2D eigenvalue weighted by Crippen LogP contribution is -2.10. The number of thiophene rings is 1. The van der Waals surface area contributed by atoms with E-state index in [0.29, 0.717) is 10.6 Å². The molecule has 0 amide bonds. The molecule has 0 fully saturated rings. The predicted octanol–water partition coefficient (Wildman–Crippen LogP) is 1.72. The van der Waals surface area contributed by atoms with E-state index in [1.807, 2.05) is 6.07 Å². The van der Waals surface area contributed by atoms with Crippen molar-refractivity contribution in [3.05, 3.63) is 28.8 Å². The predicted molar refractivity (Wildman–Crippen MR) is 61.1 cm³/mol. The highest BCUT2D eigenvalue weighted by molar-refractivity contribution is 7.94. The minimum absolute atomic E-state index is 0.0504. The Morgan fingerprint density at radius 1 is 1.53 bits per heavy atom. The zero-order valence-corrected chi connectivity index (χ0v) is 10.3. The van der Waals surface area contributed by atoms with Crippen LogP contribution in [0.4, 0.5) is 5.88 Å². The van der Waals surface area contributed by atoms with E-state index in [2.05, 4.69) is 9.88 Å². The fraction of sp³-hybridized carbons (Fsp3) is 0.111. The summed E-state index contributed by atoms with van der Waals surface area (Å²) in [5, 5.41) is 12.2. The third-order valence-corrected chi connectivity index (χ3v) is 4.65. The average molecular weight is 269 g/mol. The van der Waals surface area contributed by atoms with Crippen LogP contribution in [0.1, 0.15) is 10.6 Å². The monoisotopic (exact) mass is 269 g/mol. The molecule has 88 valence electrons. The molecule has 0 radical (unpaired) electrons. The molecule has 8 heteroatoms. The van der Waals surface area contributed by atoms with Gasteiger partial charge in [0, 0.05) is 6.07 Å². The van der Waals surface area contributed by atoms with Crippen LogP contribution in [0.3, 0.4) is 0 Å². The molecule has 0 aliphatic heterocycles. The summed E-state index contributed by atoms with van der Waals surface area (Å²) in [5.74, 6) is 0.0504. The first kappa shape index (κ1) is 11.6. The van der Waals surface area contributed by atoms with Crippen LogP contribution in [0.5, 0.6) is 0 Å². The minimum atomic E-state index is -3.71. The maximum atomic E-state index is 11.8. The molecule has 0 atom stereocenters. The Hall–Kier alpha value is -1.85. The molecule has 2 aromatic heterocycles. The molecule has 2 rings (SSSR count). The Morgan fingerprint density at radius 2 is 2.29 bits per heavy atom. The third-order valence-electron chi connectivity index (χ3n) is 1.82. The fourth-order valence-electron chi connectivity index (χ4n) is 1.12. The second kappa shape index (κ2) is 4.20. The van der Waals surface area contributed by atoms with Crippen LogP contribution in [0, 0.1) is 18.3 Å². The van der Waals surface area contributed by atoms with Gasteiger partial charge in [-0.1, -0.05) is 5.16 Å². The van der Waals surface area contributed by atoms with Crippen molar-refractivity contribution >= 4 is 27.2 Å². The number of rotatable bonds is 3. The van der Waals surface area contributed by atoms with Gasteiger partial charge in [0.1, 0.15) is 15.2 Å². The molecule has 0 unspecified atom stereocenters. The van der Waals surface area contributed by atoms with Crippen molar-refractivity contribution in [2.45, 2.75) is 11.1 Å². The first-order valence-corrected chi connectivity index (χ1v) is 6.77. The van der Waals surface area contributed by atoms with Crippen LogP contribution in [0.25, 0.3) is 0 Å². The molecule has 0 bridgehead atoms. The van der Waals surface area contributed by atoms with Gasteiger partial charge in [-0.3, -0.25) is 0 Å². The number of anilines is 1. The maximum absolute atomic E-state index is 11.8. The molecule has 1 N–H and O–H groups in total. The van der Waals surface area contributed by atoms with Gasteiger partial charge in [0.25, 0.3) is 10.0 Å². The highest BCUT2D eigenvalue weighted by Crippen LogP contribution is 2.23. The molecule has 0 saturated carbocycles. The van der Waals surface area contributed by atoms with Crippen molar-refractivity contribution in [1.29, 1.82) is 5.26 Å². The Morgan fingerprint density at radius 3 is 2.82 bits per heavy atom. The average Bonchev–Trinajstić information content (AvgIpc) is 2.86. The van der Waals surface area contributed by atoms with Crippen molar-refractivity contribution in [3.8, 4) is 6.07 Å². The zero-order chi connectivity index (χ0) is 12.5. The van der Waals surface area contributed by atoms with E-state index in [-0.39, 0.29) is 10.1 Å². The molecule has 0 aromatic carbocycles. The number of hydrogen-bond donors (Lipinski definition) is 1. The number of nitrogens with one attached hydrogen (secondary N) is 1. The summed E-state index contributed by atoms with van der Waals surface area (Å²) in [6.07, 6.45) is 0.